The van der Waals surface area contributed by atoms with Crippen molar-refractivity contribution in [1.82, 2.24) is 9.88 Å². The van der Waals surface area contributed by atoms with Gasteiger partial charge in [-0.15, -0.1) is 0 Å². The summed E-state index contributed by atoms with van der Waals surface area (Å²) in [5.74, 6) is 0. The van der Waals surface area contributed by atoms with E-state index in [0.29, 0.717) is 6.73 Å². The average molecular weight is 246 g/mol. The third-order valence-corrected chi connectivity index (χ3v) is 3.03. The molecule has 0 aliphatic rings. The van der Waals surface area contributed by atoms with Gasteiger partial charge in [-0.05, 0) is 49.0 Å². The molecule has 0 saturated heterocycles. The van der Waals surface area contributed by atoms with E-state index in [1.807, 2.05) is 6.92 Å². The van der Waals surface area contributed by atoms with Crippen LogP contribution in [0.2, 0.25) is 0 Å². The molecule has 1 aromatic carbocycles. The molecule has 0 radical (unpaired) electrons. The SMILES string of the molecule is CCCNCc1ccc2c(ccn2COCC)c1. The summed E-state index contributed by atoms with van der Waals surface area (Å²) in [5.41, 5.74) is 2.58. The summed E-state index contributed by atoms with van der Waals surface area (Å²) >= 11 is 0. The van der Waals surface area contributed by atoms with Gasteiger partial charge in [0.25, 0.3) is 0 Å². The molecule has 1 N–H and O–H groups in total. The molecule has 0 spiro atoms. The predicted octanol–water partition coefficient (Wildman–Crippen LogP) is 3.13. The third-order valence-electron chi connectivity index (χ3n) is 3.03. The van der Waals surface area contributed by atoms with Crippen LogP contribution in [-0.2, 0) is 18.0 Å². The molecule has 1 aromatic heterocycles. The van der Waals surface area contributed by atoms with E-state index in [4.69, 9.17) is 4.74 Å². The van der Waals surface area contributed by atoms with Gasteiger partial charge in [0, 0.05) is 24.9 Å². The van der Waals surface area contributed by atoms with E-state index < -0.39 is 0 Å². The van der Waals surface area contributed by atoms with Crippen LogP contribution in [0, 0.1) is 0 Å². The molecule has 98 valence electrons. The topological polar surface area (TPSA) is 26.2 Å². The maximum Gasteiger partial charge on any atom is 0.122 e. The zero-order valence-electron chi connectivity index (χ0n) is 11.3. The van der Waals surface area contributed by atoms with E-state index in [2.05, 4.69) is 47.3 Å². The molecule has 0 bridgehead atoms. The zero-order chi connectivity index (χ0) is 12.8. The largest absolute Gasteiger partial charge is 0.361 e. The van der Waals surface area contributed by atoms with Crippen LogP contribution < -0.4 is 5.32 Å². The second-order valence-corrected chi connectivity index (χ2v) is 4.48. The second kappa shape index (κ2) is 6.57. The monoisotopic (exact) mass is 246 g/mol. The van der Waals surface area contributed by atoms with Gasteiger partial charge in [0.1, 0.15) is 6.73 Å². The number of nitrogens with zero attached hydrogens (tertiary/aromatic N) is 1. The average Bonchev–Trinajstić information content (AvgIpc) is 2.79. The Labute approximate surface area is 109 Å². The Morgan fingerprint density at radius 3 is 2.89 bits per heavy atom. The quantitative estimate of drug-likeness (QED) is 0.760. The van der Waals surface area contributed by atoms with Crippen molar-refractivity contribution in [3.05, 3.63) is 36.0 Å². The Morgan fingerprint density at radius 2 is 2.11 bits per heavy atom. The van der Waals surface area contributed by atoms with Gasteiger partial charge in [-0.2, -0.15) is 0 Å². The standard InChI is InChI=1S/C15H22N2O/c1-3-8-16-11-13-5-6-15-14(10-13)7-9-17(15)12-18-4-2/h5-7,9-10,16H,3-4,8,11-12H2,1-2H3. The lowest BCUT2D eigenvalue weighted by atomic mass is 10.1. The van der Waals surface area contributed by atoms with Gasteiger partial charge in [-0.1, -0.05) is 13.0 Å². The fourth-order valence-electron chi connectivity index (χ4n) is 2.07. The van der Waals surface area contributed by atoms with Crippen LogP contribution in [0.1, 0.15) is 25.8 Å². The van der Waals surface area contributed by atoms with E-state index >= 15 is 0 Å². The fourth-order valence-corrected chi connectivity index (χ4v) is 2.07. The molecule has 0 fully saturated rings. The van der Waals surface area contributed by atoms with Crippen molar-refractivity contribution in [2.45, 2.75) is 33.5 Å². The summed E-state index contributed by atoms with van der Waals surface area (Å²) in [4.78, 5) is 0. The molecule has 18 heavy (non-hydrogen) atoms. The molecule has 0 unspecified atom stereocenters. The van der Waals surface area contributed by atoms with Crippen molar-refractivity contribution in [2.24, 2.45) is 0 Å². The predicted molar refractivity (Wildman–Crippen MR) is 75.6 cm³/mol. The Hall–Kier alpha value is -1.32. The molecular weight excluding hydrogens is 224 g/mol. The number of hydrogen-bond donors (Lipinski definition) is 1. The number of hydrogen-bond acceptors (Lipinski definition) is 2. The van der Waals surface area contributed by atoms with Crippen molar-refractivity contribution in [2.75, 3.05) is 13.2 Å². The first kappa shape index (κ1) is 13.1. The summed E-state index contributed by atoms with van der Waals surface area (Å²) in [5, 5.41) is 4.71. The summed E-state index contributed by atoms with van der Waals surface area (Å²) in [6.07, 6.45) is 3.26. The van der Waals surface area contributed by atoms with Crippen LogP contribution >= 0.6 is 0 Å². The summed E-state index contributed by atoms with van der Waals surface area (Å²) in [7, 11) is 0. The van der Waals surface area contributed by atoms with E-state index in [1.54, 1.807) is 0 Å². The molecule has 0 amide bonds. The molecule has 0 aliphatic carbocycles. The van der Waals surface area contributed by atoms with Crippen LogP contribution in [0.3, 0.4) is 0 Å². The molecule has 0 aliphatic heterocycles. The minimum absolute atomic E-state index is 0.632. The highest BCUT2D eigenvalue weighted by Crippen LogP contribution is 2.17. The smallest absolute Gasteiger partial charge is 0.122 e. The maximum absolute atomic E-state index is 5.45. The Kier molecular flexibility index (Phi) is 4.79. The summed E-state index contributed by atoms with van der Waals surface area (Å²) < 4.78 is 7.59. The van der Waals surface area contributed by atoms with Crippen molar-refractivity contribution >= 4 is 10.9 Å². The fraction of sp³-hybridized carbons (Fsp3) is 0.467. The molecule has 2 rings (SSSR count). The normalized spacial score (nSPS) is 11.2. The lowest BCUT2D eigenvalue weighted by molar-refractivity contribution is 0.0909. The van der Waals surface area contributed by atoms with Crippen molar-refractivity contribution in [3.63, 3.8) is 0 Å². The van der Waals surface area contributed by atoms with Crippen LogP contribution in [0.5, 0.6) is 0 Å². The minimum atomic E-state index is 0.632. The Bertz CT molecular complexity index is 490. The minimum Gasteiger partial charge on any atom is -0.361 e. The first-order valence-corrected chi connectivity index (χ1v) is 6.71. The van der Waals surface area contributed by atoms with Gasteiger partial charge in [-0.3, -0.25) is 0 Å². The van der Waals surface area contributed by atoms with Gasteiger partial charge in [0.2, 0.25) is 0 Å². The maximum atomic E-state index is 5.45. The molecule has 2 aromatic rings. The van der Waals surface area contributed by atoms with Gasteiger partial charge in [0.05, 0.1) is 0 Å². The molecule has 0 saturated carbocycles. The molecule has 1 heterocycles. The van der Waals surface area contributed by atoms with Crippen molar-refractivity contribution in [1.29, 1.82) is 0 Å². The molecule has 3 nitrogen and oxygen atoms in total. The molecular formula is C15H22N2O. The van der Waals surface area contributed by atoms with Crippen LogP contribution in [0.15, 0.2) is 30.5 Å². The van der Waals surface area contributed by atoms with Crippen molar-refractivity contribution < 1.29 is 4.74 Å². The van der Waals surface area contributed by atoms with E-state index in [9.17, 15) is 0 Å². The van der Waals surface area contributed by atoms with Crippen LogP contribution in [-0.4, -0.2) is 17.7 Å². The number of rotatable bonds is 7. The lowest BCUT2D eigenvalue weighted by Crippen LogP contribution is -2.13. The number of aromatic nitrogens is 1. The van der Waals surface area contributed by atoms with E-state index in [-0.39, 0.29) is 0 Å². The van der Waals surface area contributed by atoms with Crippen LogP contribution in [0.25, 0.3) is 10.9 Å². The molecule has 0 atom stereocenters. The number of ether oxygens (including phenoxy) is 1. The Balaban J connectivity index is 2.10. The summed E-state index contributed by atoms with van der Waals surface area (Å²) in [6, 6.07) is 8.77. The number of fused-ring (bicyclic) bond motifs is 1. The number of nitrogens with one attached hydrogen (secondary N) is 1. The third kappa shape index (κ3) is 3.12. The van der Waals surface area contributed by atoms with Gasteiger partial charge < -0.3 is 14.6 Å². The van der Waals surface area contributed by atoms with Crippen molar-refractivity contribution in [3.8, 4) is 0 Å². The second-order valence-electron chi connectivity index (χ2n) is 4.48. The Morgan fingerprint density at radius 1 is 1.22 bits per heavy atom. The van der Waals surface area contributed by atoms with Crippen LogP contribution in [0.4, 0.5) is 0 Å². The highest BCUT2D eigenvalue weighted by molar-refractivity contribution is 5.80. The lowest BCUT2D eigenvalue weighted by Gasteiger charge is -2.07. The highest BCUT2D eigenvalue weighted by atomic mass is 16.5. The van der Waals surface area contributed by atoms with Gasteiger partial charge >= 0.3 is 0 Å². The summed E-state index contributed by atoms with van der Waals surface area (Å²) in [6.45, 7) is 7.60. The van der Waals surface area contributed by atoms with Gasteiger partial charge in [-0.25, -0.2) is 0 Å². The van der Waals surface area contributed by atoms with Gasteiger partial charge in [0.15, 0.2) is 0 Å². The van der Waals surface area contributed by atoms with E-state index in [0.717, 1.165) is 19.7 Å². The first-order chi connectivity index (χ1) is 8.85. The first-order valence-electron chi connectivity index (χ1n) is 6.71. The number of benzene rings is 1. The van der Waals surface area contributed by atoms with E-state index in [1.165, 1.54) is 22.9 Å². The molecule has 3 heteroatoms. The highest BCUT2D eigenvalue weighted by Gasteiger charge is 2.01. The zero-order valence-corrected chi connectivity index (χ0v) is 11.3.